The Balaban J connectivity index is 1.11. The van der Waals surface area contributed by atoms with Crippen LogP contribution in [0.2, 0.25) is 0 Å². The van der Waals surface area contributed by atoms with E-state index < -0.39 is 21.9 Å². The van der Waals surface area contributed by atoms with Crippen molar-refractivity contribution in [2.45, 2.75) is 55.3 Å². The highest BCUT2D eigenvalue weighted by atomic mass is 32.2. The van der Waals surface area contributed by atoms with E-state index in [2.05, 4.69) is 38.9 Å². The molecule has 7 rings (SSSR count). The zero-order valence-electron chi connectivity index (χ0n) is 27.4. The lowest BCUT2D eigenvalue weighted by Crippen LogP contribution is -2.57. The molecule has 3 fully saturated rings. The number of likely N-dealkylation sites (tertiary alicyclic amines) is 1. The Morgan fingerprint density at radius 3 is 2.27 bits per heavy atom. The standard InChI is InChI=1S/C38H42N4O6S/c1-27-34(24-41-21-19-38(20-22-41)37(44)39-26-42(38)32-11-4-2-5-12-32)47-36(48-35(27)29-17-15-28(25-43)16-18-29)30-9-8-10-31(23-30)40-49(45,46)33-13-6-3-7-14-33/h2-18,23,27,34-36,40,43H,19-22,24-26H2,1H3,(H,39,44)/t27-,34+,35+,36+/m0/s1. The van der Waals surface area contributed by atoms with Crippen LogP contribution in [0.5, 0.6) is 0 Å². The van der Waals surface area contributed by atoms with Crippen molar-refractivity contribution in [2.75, 3.05) is 35.9 Å². The van der Waals surface area contributed by atoms with Gasteiger partial charge in [0, 0.05) is 42.5 Å². The Kier molecular flexibility index (Phi) is 9.45. The van der Waals surface area contributed by atoms with Crippen LogP contribution in [-0.2, 0) is 30.9 Å². The van der Waals surface area contributed by atoms with Crippen LogP contribution < -0.4 is 14.9 Å². The molecule has 3 N–H and O–H groups in total. The second-order valence-electron chi connectivity index (χ2n) is 13.1. The molecule has 0 radical (unpaired) electrons. The number of anilines is 2. The quantitative estimate of drug-likeness (QED) is 0.221. The number of ether oxygens (including phenoxy) is 2. The third kappa shape index (κ3) is 6.82. The Labute approximate surface area is 287 Å². The van der Waals surface area contributed by atoms with Crippen molar-refractivity contribution in [3.8, 4) is 0 Å². The molecule has 256 valence electrons. The molecular weight excluding hydrogens is 641 g/mol. The number of sulfonamides is 1. The number of benzene rings is 4. The average molecular weight is 683 g/mol. The molecule has 3 heterocycles. The van der Waals surface area contributed by atoms with Crippen molar-refractivity contribution >= 4 is 27.3 Å². The van der Waals surface area contributed by atoms with E-state index in [0.29, 0.717) is 37.3 Å². The van der Waals surface area contributed by atoms with Crippen molar-refractivity contribution < 1.29 is 27.8 Å². The third-order valence-corrected chi connectivity index (χ3v) is 11.5. The van der Waals surface area contributed by atoms with Gasteiger partial charge in [0.25, 0.3) is 10.0 Å². The Hall–Kier alpha value is -4.26. The van der Waals surface area contributed by atoms with Gasteiger partial charge in [-0.3, -0.25) is 9.52 Å². The van der Waals surface area contributed by atoms with Crippen LogP contribution in [0, 0.1) is 5.92 Å². The highest BCUT2D eigenvalue weighted by molar-refractivity contribution is 7.92. The van der Waals surface area contributed by atoms with E-state index in [4.69, 9.17) is 9.47 Å². The smallest absolute Gasteiger partial charge is 0.261 e. The fourth-order valence-electron chi connectivity index (χ4n) is 7.28. The first-order valence-electron chi connectivity index (χ1n) is 16.8. The number of aliphatic hydroxyl groups is 1. The van der Waals surface area contributed by atoms with Crippen molar-refractivity contribution in [2.24, 2.45) is 5.92 Å². The fourth-order valence-corrected chi connectivity index (χ4v) is 8.35. The molecule has 0 bridgehead atoms. The van der Waals surface area contributed by atoms with Crippen molar-refractivity contribution in [1.29, 1.82) is 0 Å². The summed E-state index contributed by atoms with van der Waals surface area (Å²) in [5, 5.41) is 12.7. The van der Waals surface area contributed by atoms with Gasteiger partial charge in [0.05, 0.1) is 30.4 Å². The molecule has 3 aliphatic rings. The van der Waals surface area contributed by atoms with Gasteiger partial charge in [0.15, 0.2) is 6.29 Å². The molecule has 4 atom stereocenters. The largest absolute Gasteiger partial charge is 0.392 e. The molecule has 1 spiro atoms. The highest BCUT2D eigenvalue weighted by Crippen LogP contribution is 2.43. The summed E-state index contributed by atoms with van der Waals surface area (Å²) in [6.07, 6.45) is 0.110. The number of amides is 1. The van der Waals surface area contributed by atoms with Crippen LogP contribution in [0.25, 0.3) is 0 Å². The van der Waals surface area contributed by atoms with E-state index in [1.165, 1.54) is 0 Å². The summed E-state index contributed by atoms with van der Waals surface area (Å²) in [6.45, 7) is 4.71. The molecule has 0 saturated carbocycles. The molecule has 49 heavy (non-hydrogen) atoms. The molecule has 3 saturated heterocycles. The molecule has 0 aliphatic carbocycles. The van der Waals surface area contributed by atoms with Crippen LogP contribution in [0.3, 0.4) is 0 Å². The number of rotatable bonds is 9. The zero-order valence-corrected chi connectivity index (χ0v) is 28.3. The first-order chi connectivity index (χ1) is 23.8. The van der Waals surface area contributed by atoms with Gasteiger partial charge in [-0.05, 0) is 60.4 Å². The number of nitrogens with one attached hydrogen (secondary N) is 2. The van der Waals surface area contributed by atoms with Gasteiger partial charge in [-0.2, -0.15) is 0 Å². The average Bonchev–Trinajstić information content (AvgIpc) is 3.45. The molecule has 4 aromatic carbocycles. The van der Waals surface area contributed by atoms with E-state index in [0.717, 1.165) is 29.9 Å². The number of carbonyl (C=O) groups excluding carboxylic acids is 1. The minimum atomic E-state index is -3.79. The van der Waals surface area contributed by atoms with Gasteiger partial charge in [0.2, 0.25) is 5.91 Å². The van der Waals surface area contributed by atoms with Crippen molar-refractivity contribution in [1.82, 2.24) is 10.2 Å². The molecule has 1 amide bonds. The molecule has 0 unspecified atom stereocenters. The van der Waals surface area contributed by atoms with Gasteiger partial charge in [0.1, 0.15) is 5.54 Å². The van der Waals surface area contributed by atoms with Crippen LogP contribution >= 0.6 is 0 Å². The maximum Gasteiger partial charge on any atom is 0.261 e. The maximum absolute atomic E-state index is 13.3. The lowest BCUT2D eigenvalue weighted by atomic mass is 9.84. The summed E-state index contributed by atoms with van der Waals surface area (Å²) < 4.78 is 42.2. The summed E-state index contributed by atoms with van der Waals surface area (Å²) in [6, 6.07) is 33.3. The molecule has 10 nitrogen and oxygen atoms in total. The van der Waals surface area contributed by atoms with Crippen molar-refractivity contribution in [3.05, 3.63) is 126 Å². The van der Waals surface area contributed by atoms with E-state index in [9.17, 15) is 18.3 Å². The normalized spacial score (nSPS) is 24.1. The number of hydrogen-bond donors (Lipinski definition) is 3. The van der Waals surface area contributed by atoms with Gasteiger partial charge >= 0.3 is 0 Å². The predicted octanol–water partition coefficient (Wildman–Crippen LogP) is 5.20. The monoisotopic (exact) mass is 682 g/mol. The number of hydrogen-bond acceptors (Lipinski definition) is 8. The van der Waals surface area contributed by atoms with Crippen LogP contribution in [-0.4, -0.2) is 62.3 Å². The minimum Gasteiger partial charge on any atom is -0.392 e. The van der Waals surface area contributed by atoms with E-state index in [1.54, 1.807) is 48.5 Å². The molecule has 11 heteroatoms. The topological polar surface area (TPSA) is 120 Å². The van der Waals surface area contributed by atoms with Crippen LogP contribution in [0.1, 0.15) is 48.8 Å². The number of para-hydroxylation sites is 1. The first kappa shape index (κ1) is 33.2. The Bertz CT molecular complexity index is 1850. The van der Waals surface area contributed by atoms with Gasteiger partial charge in [-0.1, -0.05) is 79.7 Å². The number of nitrogens with zero attached hydrogens (tertiary/aromatic N) is 2. The molecule has 3 aliphatic heterocycles. The number of carbonyl (C=O) groups is 1. The predicted molar refractivity (Wildman–Crippen MR) is 187 cm³/mol. The summed E-state index contributed by atoms with van der Waals surface area (Å²) in [5.74, 6) is 0.0587. The molecule has 0 aromatic heterocycles. The molecule has 4 aromatic rings. The number of aliphatic hydroxyl groups excluding tert-OH is 1. The lowest BCUT2D eigenvalue weighted by Gasteiger charge is -2.46. The van der Waals surface area contributed by atoms with Gasteiger partial charge < -0.3 is 29.7 Å². The Morgan fingerprint density at radius 2 is 1.57 bits per heavy atom. The van der Waals surface area contributed by atoms with Gasteiger partial charge in [-0.15, -0.1) is 0 Å². The van der Waals surface area contributed by atoms with Crippen molar-refractivity contribution in [3.63, 3.8) is 0 Å². The minimum absolute atomic E-state index is 0.0255. The second-order valence-corrected chi connectivity index (χ2v) is 14.8. The maximum atomic E-state index is 13.3. The summed E-state index contributed by atoms with van der Waals surface area (Å²) in [4.78, 5) is 18.0. The lowest BCUT2D eigenvalue weighted by molar-refractivity contribution is -0.276. The second kappa shape index (κ2) is 13.9. The van der Waals surface area contributed by atoms with Crippen LogP contribution in [0.15, 0.2) is 114 Å². The van der Waals surface area contributed by atoms with E-state index >= 15 is 0 Å². The fraction of sp³-hybridized carbons (Fsp3) is 0.342. The summed E-state index contributed by atoms with van der Waals surface area (Å²) >= 11 is 0. The third-order valence-electron chi connectivity index (χ3n) is 10.1. The summed E-state index contributed by atoms with van der Waals surface area (Å²) in [5.41, 5.74) is 3.36. The highest BCUT2D eigenvalue weighted by Gasteiger charge is 2.51. The molecular formula is C38H42N4O6S. The summed E-state index contributed by atoms with van der Waals surface area (Å²) in [7, 11) is -3.79. The SMILES string of the molecule is C[C@H]1[C@@H](CN2CCC3(CC2)C(=O)NCN3c2ccccc2)O[C@@H](c2cccc(NS(=O)(=O)c3ccccc3)c2)O[C@H]1c1ccc(CO)cc1. The van der Waals surface area contributed by atoms with E-state index in [-0.39, 0.29) is 35.5 Å². The first-order valence-corrected chi connectivity index (χ1v) is 18.3. The number of piperidine rings is 1. The zero-order chi connectivity index (χ0) is 34.0. The van der Waals surface area contributed by atoms with E-state index in [1.807, 2.05) is 48.5 Å². The van der Waals surface area contributed by atoms with Crippen LogP contribution in [0.4, 0.5) is 11.4 Å². The Morgan fingerprint density at radius 1 is 0.878 bits per heavy atom. The van der Waals surface area contributed by atoms with Gasteiger partial charge in [-0.25, -0.2) is 8.42 Å².